The summed E-state index contributed by atoms with van der Waals surface area (Å²) >= 11 is 0. The molecular formula is C18H24N4O. The molecule has 3 rings (SSSR count). The second-order valence-electron chi connectivity index (χ2n) is 6.12. The van der Waals surface area contributed by atoms with Crippen molar-refractivity contribution in [1.82, 2.24) is 20.0 Å². The molecule has 0 bridgehead atoms. The van der Waals surface area contributed by atoms with E-state index in [2.05, 4.69) is 22.2 Å². The molecule has 1 fully saturated rings. The smallest absolute Gasteiger partial charge is 0.271 e. The van der Waals surface area contributed by atoms with Gasteiger partial charge in [0.2, 0.25) is 0 Å². The van der Waals surface area contributed by atoms with E-state index in [4.69, 9.17) is 0 Å². The number of nitrogens with zero attached hydrogens (tertiary/aromatic N) is 3. The van der Waals surface area contributed by atoms with E-state index in [0.717, 1.165) is 18.8 Å². The second kappa shape index (κ2) is 7.42. The predicted molar refractivity (Wildman–Crippen MR) is 90.8 cm³/mol. The van der Waals surface area contributed by atoms with Crippen LogP contribution in [-0.2, 0) is 0 Å². The molecule has 1 saturated heterocycles. The van der Waals surface area contributed by atoms with Gasteiger partial charge in [0.1, 0.15) is 0 Å². The van der Waals surface area contributed by atoms with E-state index >= 15 is 0 Å². The number of piperidine rings is 1. The molecule has 23 heavy (non-hydrogen) atoms. The minimum Gasteiger partial charge on any atom is -0.349 e. The number of carbonyl (C=O) groups is 1. The molecule has 1 aromatic heterocycles. The number of hydrogen-bond donors (Lipinski definition) is 1. The molecule has 122 valence electrons. The third-order valence-corrected chi connectivity index (χ3v) is 4.47. The van der Waals surface area contributed by atoms with E-state index in [1.54, 1.807) is 10.7 Å². The standard InChI is InChI=1S/C18H24N4O/c1-15-7-5-6-12-21(15)14-11-19-18(23)17-10-13-22(20-17)16-8-3-2-4-9-16/h2-4,8-10,13,15H,5-7,11-12,14H2,1H3,(H,19,23). The average molecular weight is 312 g/mol. The Kier molecular flexibility index (Phi) is 5.08. The van der Waals surface area contributed by atoms with Crippen molar-refractivity contribution >= 4 is 5.91 Å². The fraction of sp³-hybridized carbons (Fsp3) is 0.444. The first-order chi connectivity index (χ1) is 11.2. The molecule has 0 saturated carbocycles. The number of amides is 1. The first-order valence-electron chi connectivity index (χ1n) is 8.37. The van der Waals surface area contributed by atoms with E-state index in [1.807, 2.05) is 36.5 Å². The summed E-state index contributed by atoms with van der Waals surface area (Å²) in [6.45, 7) is 4.98. The van der Waals surface area contributed by atoms with Crippen LogP contribution in [0.15, 0.2) is 42.6 Å². The molecule has 1 N–H and O–H groups in total. The van der Waals surface area contributed by atoms with Crippen molar-refractivity contribution in [2.75, 3.05) is 19.6 Å². The summed E-state index contributed by atoms with van der Waals surface area (Å²) in [5.41, 5.74) is 1.41. The normalized spacial score (nSPS) is 18.7. The van der Waals surface area contributed by atoms with Crippen LogP contribution in [0.3, 0.4) is 0 Å². The van der Waals surface area contributed by atoms with Crippen LogP contribution in [0.2, 0.25) is 0 Å². The zero-order chi connectivity index (χ0) is 16.1. The number of nitrogens with one attached hydrogen (secondary N) is 1. The van der Waals surface area contributed by atoms with Crippen LogP contribution in [0.25, 0.3) is 5.69 Å². The van der Waals surface area contributed by atoms with Crippen molar-refractivity contribution < 1.29 is 4.79 Å². The van der Waals surface area contributed by atoms with Crippen LogP contribution >= 0.6 is 0 Å². The summed E-state index contributed by atoms with van der Waals surface area (Å²) in [7, 11) is 0. The highest BCUT2D eigenvalue weighted by Crippen LogP contribution is 2.15. The van der Waals surface area contributed by atoms with Crippen molar-refractivity contribution in [3.63, 3.8) is 0 Å². The van der Waals surface area contributed by atoms with Crippen molar-refractivity contribution in [3.05, 3.63) is 48.3 Å². The quantitative estimate of drug-likeness (QED) is 0.923. The van der Waals surface area contributed by atoms with E-state index in [-0.39, 0.29) is 5.91 Å². The van der Waals surface area contributed by atoms with E-state index in [0.29, 0.717) is 18.3 Å². The average Bonchev–Trinajstić information content (AvgIpc) is 3.07. The Morgan fingerprint density at radius 2 is 2.09 bits per heavy atom. The van der Waals surface area contributed by atoms with Crippen molar-refractivity contribution in [3.8, 4) is 5.69 Å². The highest BCUT2D eigenvalue weighted by Gasteiger charge is 2.18. The lowest BCUT2D eigenvalue weighted by molar-refractivity contribution is 0.0933. The summed E-state index contributed by atoms with van der Waals surface area (Å²) in [6.07, 6.45) is 5.66. The van der Waals surface area contributed by atoms with Crippen LogP contribution in [0, 0.1) is 0 Å². The SMILES string of the molecule is CC1CCCCN1CCNC(=O)c1ccn(-c2ccccc2)n1. The number of aromatic nitrogens is 2. The lowest BCUT2D eigenvalue weighted by Crippen LogP contribution is -2.42. The third kappa shape index (κ3) is 3.99. The molecule has 1 aliphatic rings. The molecule has 5 heteroatoms. The first-order valence-corrected chi connectivity index (χ1v) is 8.37. The van der Waals surface area contributed by atoms with E-state index < -0.39 is 0 Å². The maximum atomic E-state index is 12.2. The molecule has 2 aromatic rings. The summed E-state index contributed by atoms with van der Waals surface area (Å²) in [5, 5.41) is 7.33. The summed E-state index contributed by atoms with van der Waals surface area (Å²) in [5.74, 6) is -0.107. The minimum absolute atomic E-state index is 0.107. The molecule has 1 aliphatic heterocycles. The highest BCUT2D eigenvalue weighted by atomic mass is 16.1. The molecule has 1 aromatic carbocycles. The number of carbonyl (C=O) groups excluding carboxylic acids is 1. The van der Waals surface area contributed by atoms with E-state index in [1.165, 1.54) is 19.3 Å². The molecular weight excluding hydrogens is 288 g/mol. The summed E-state index contributed by atoms with van der Waals surface area (Å²) in [6, 6.07) is 12.2. The number of benzene rings is 1. The topological polar surface area (TPSA) is 50.2 Å². The Labute approximate surface area is 137 Å². The number of rotatable bonds is 5. The highest BCUT2D eigenvalue weighted by molar-refractivity contribution is 5.92. The van der Waals surface area contributed by atoms with Gasteiger partial charge in [-0.2, -0.15) is 5.10 Å². The molecule has 1 amide bonds. The van der Waals surface area contributed by atoms with Gasteiger partial charge in [-0.25, -0.2) is 4.68 Å². The Morgan fingerprint density at radius 1 is 1.26 bits per heavy atom. The van der Waals surface area contributed by atoms with Gasteiger partial charge in [-0.05, 0) is 44.5 Å². The van der Waals surface area contributed by atoms with Crippen LogP contribution < -0.4 is 5.32 Å². The molecule has 1 unspecified atom stereocenters. The Hall–Kier alpha value is -2.14. The fourth-order valence-corrected chi connectivity index (χ4v) is 3.06. The minimum atomic E-state index is -0.107. The molecule has 0 aliphatic carbocycles. The largest absolute Gasteiger partial charge is 0.349 e. The maximum Gasteiger partial charge on any atom is 0.271 e. The van der Waals surface area contributed by atoms with Crippen molar-refractivity contribution in [2.24, 2.45) is 0 Å². The zero-order valence-corrected chi connectivity index (χ0v) is 13.6. The van der Waals surface area contributed by atoms with Gasteiger partial charge in [0.05, 0.1) is 5.69 Å². The summed E-state index contributed by atoms with van der Waals surface area (Å²) in [4.78, 5) is 14.7. The number of likely N-dealkylation sites (tertiary alicyclic amines) is 1. The number of hydrogen-bond acceptors (Lipinski definition) is 3. The molecule has 5 nitrogen and oxygen atoms in total. The summed E-state index contributed by atoms with van der Waals surface area (Å²) < 4.78 is 1.72. The monoisotopic (exact) mass is 312 g/mol. The van der Waals surface area contributed by atoms with Gasteiger partial charge in [0.15, 0.2) is 5.69 Å². The number of para-hydroxylation sites is 1. The Bertz CT molecular complexity index is 637. The van der Waals surface area contributed by atoms with Crippen LogP contribution in [0.4, 0.5) is 0 Å². The maximum absolute atomic E-state index is 12.2. The third-order valence-electron chi connectivity index (χ3n) is 4.47. The lowest BCUT2D eigenvalue weighted by Gasteiger charge is -2.33. The second-order valence-corrected chi connectivity index (χ2v) is 6.12. The molecule has 1 atom stereocenters. The predicted octanol–water partition coefficient (Wildman–Crippen LogP) is 2.48. The van der Waals surface area contributed by atoms with Crippen molar-refractivity contribution in [2.45, 2.75) is 32.2 Å². The van der Waals surface area contributed by atoms with E-state index in [9.17, 15) is 4.79 Å². The van der Waals surface area contributed by atoms with Gasteiger partial charge >= 0.3 is 0 Å². The Balaban J connectivity index is 1.52. The molecule has 2 heterocycles. The van der Waals surface area contributed by atoms with Crippen LogP contribution in [0.1, 0.15) is 36.7 Å². The first kappa shape index (κ1) is 15.7. The lowest BCUT2D eigenvalue weighted by atomic mass is 10.0. The Morgan fingerprint density at radius 3 is 2.87 bits per heavy atom. The van der Waals surface area contributed by atoms with Crippen LogP contribution in [0.5, 0.6) is 0 Å². The molecule has 0 spiro atoms. The fourth-order valence-electron chi connectivity index (χ4n) is 3.06. The van der Waals surface area contributed by atoms with Crippen LogP contribution in [-0.4, -0.2) is 46.3 Å². The van der Waals surface area contributed by atoms with Gasteiger partial charge in [-0.1, -0.05) is 24.6 Å². The van der Waals surface area contributed by atoms with Gasteiger partial charge in [0, 0.05) is 25.3 Å². The van der Waals surface area contributed by atoms with Gasteiger partial charge in [-0.15, -0.1) is 0 Å². The van der Waals surface area contributed by atoms with Gasteiger partial charge < -0.3 is 5.32 Å². The molecule has 0 radical (unpaired) electrons. The van der Waals surface area contributed by atoms with Crippen molar-refractivity contribution in [1.29, 1.82) is 0 Å². The zero-order valence-electron chi connectivity index (χ0n) is 13.6. The van der Waals surface area contributed by atoms with Gasteiger partial charge in [0.25, 0.3) is 5.91 Å². The van der Waals surface area contributed by atoms with Gasteiger partial charge in [-0.3, -0.25) is 9.69 Å².